The number of unbranched alkanes of at least 4 members (excludes halogenated alkanes) is 2. The average molecular weight is 369 g/mol. The molecule has 0 aliphatic carbocycles. The third-order valence-electron chi connectivity index (χ3n) is 3.82. The van der Waals surface area contributed by atoms with E-state index in [0.29, 0.717) is 17.8 Å². The second-order valence-corrected chi connectivity index (χ2v) is 5.90. The molecule has 0 fully saturated rings. The van der Waals surface area contributed by atoms with Crippen molar-refractivity contribution in [1.82, 2.24) is 10.3 Å². The molecule has 0 saturated heterocycles. The lowest BCUT2D eigenvalue weighted by atomic mass is 10.2. The monoisotopic (exact) mass is 369 g/mol. The van der Waals surface area contributed by atoms with E-state index in [-0.39, 0.29) is 17.3 Å². The van der Waals surface area contributed by atoms with Gasteiger partial charge in [-0.1, -0.05) is 31.9 Å². The van der Waals surface area contributed by atoms with Crippen LogP contribution in [-0.4, -0.2) is 36.4 Å². The Morgan fingerprint density at radius 2 is 1.70 bits per heavy atom. The SMILES string of the molecule is CCCCCNC(=O)c1cccc(C(=O)Nc2cccc(C(=O)OC)c2)n1. The standard InChI is InChI=1S/C20H23N3O4/c1-3-4-5-12-21-18(24)16-10-7-11-17(23-16)19(25)22-15-9-6-8-14(13-15)20(26)27-2/h6-11,13H,3-5,12H2,1-2H3,(H,21,24)(H,22,25). The maximum atomic E-state index is 12.4. The van der Waals surface area contributed by atoms with Crippen LogP contribution >= 0.6 is 0 Å². The van der Waals surface area contributed by atoms with Crippen LogP contribution in [0.25, 0.3) is 0 Å². The second kappa shape index (κ2) is 10.1. The van der Waals surface area contributed by atoms with E-state index in [1.54, 1.807) is 30.3 Å². The molecule has 27 heavy (non-hydrogen) atoms. The summed E-state index contributed by atoms with van der Waals surface area (Å²) in [6, 6.07) is 11.1. The van der Waals surface area contributed by atoms with Crippen LogP contribution in [0.15, 0.2) is 42.5 Å². The molecule has 1 aromatic carbocycles. The van der Waals surface area contributed by atoms with Gasteiger partial charge in [-0.25, -0.2) is 9.78 Å². The summed E-state index contributed by atoms with van der Waals surface area (Å²) in [6.07, 6.45) is 3.01. The number of nitrogens with zero attached hydrogens (tertiary/aromatic N) is 1. The summed E-state index contributed by atoms with van der Waals surface area (Å²) >= 11 is 0. The van der Waals surface area contributed by atoms with Crippen LogP contribution in [0.1, 0.15) is 57.5 Å². The van der Waals surface area contributed by atoms with Crippen molar-refractivity contribution in [2.75, 3.05) is 19.0 Å². The van der Waals surface area contributed by atoms with Crippen molar-refractivity contribution in [3.8, 4) is 0 Å². The van der Waals surface area contributed by atoms with Gasteiger partial charge in [0.1, 0.15) is 11.4 Å². The number of pyridine rings is 1. The van der Waals surface area contributed by atoms with Crippen LogP contribution in [0.5, 0.6) is 0 Å². The first-order valence-electron chi connectivity index (χ1n) is 8.80. The molecule has 2 amide bonds. The molecule has 2 rings (SSSR count). The fourth-order valence-electron chi connectivity index (χ4n) is 2.39. The minimum atomic E-state index is -0.494. The minimum absolute atomic E-state index is 0.111. The van der Waals surface area contributed by atoms with Crippen LogP contribution < -0.4 is 10.6 Å². The third-order valence-corrected chi connectivity index (χ3v) is 3.82. The largest absolute Gasteiger partial charge is 0.465 e. The zero-order valence-electron chi connectivity index (χ0n) is 15.5. The van der Waals surface area contributed by atoms with Crippen molar-refractivity contribution >= 4 is 23.5 Å². The number of ether oxygens (including phenoxy) is 1. The summed E-state index contributed by atoms with van der Waals surface area (Å²) in [5, 5.41) is 5.45. The number of esters is 1. The number of nitrogens with one attached hydrogen (secondary N) is 2. The number of amides is 2. The summed E-state index contributed by atoms with van der Waals surface area (Å²) in [5.74, 6) is -1.28. The molecule has 142 valence electrons. The van der Waals surface area contributed by atoms with Crippen LogP contribution in [0.3, 0.4) is 0 Å². The number of aromatic nitrogens is 1. The molecule has 0 saturated carbocycles. The Morgan fingerprint density at radius 1 is 1.00 bits per heavy atom. The molecule has 1 aromatic heterocycles. The Bertz CT molecular complexity index is 820. The first-order valence-corrected chi connectivity index (χ1v) is 8.80. The maximum absolute atomic E-state index is 12.4. The van der Waals surface area contributed by atoms with Crippen molar-refractivity contribution < 1.29 is 19.1 Å². The number of anilines is 1. The van der Waals surface area contributed by atoms with E-state index in [2.05, 4.69) is 27.3 Å². The smallest absolute Gasteiger partial charge is 0.337 e. The molecule has 0 atom stereocenters. The summed E-state index contributed by atoms with van der Waals surface area (Å²) in [7, 11) is 1.29. The highest BCUT2D eigenvalue weighted by Crippen LogP contribution is 2.13. The predicted molar refractivity (Wildman–Crippen MR) is 102 cm³/mol. The number of rotatable bonds is 8. The highest BCUT2D eigenvalue weighted by Gasteiger charge is 2.13. The van der Waals surface area contributed by atoms with Gasteiger partial charge in [-0.2, -0.15) is 0 Å². The lowest BCUT2D eigenvalue weighted by Crippen LogP contribution is -2.26. The van der Waals surface area contributed by atoms with E-state index in [1.165, 1.54) is 19.2 Å². The van der Waals surface area contributed by atoms with Gasteiger partial charge in [-0.15, -0.1) is 0 Å². The Balaban J connectivity index is 2.05. The number of carbonyl (C=O) groups is 3. The van der Waals surface area contributed by atoms with Crippen molar-refractivity contribution in [3.05, 3.63) is 59.4 Å². The van der Waals surface area contributed by atoms with E-state index in [1.807, 2.05) is 0 Å². The highest BCUT2D eigenvalue weighted by atomic mass is 16.5. The Hall–Kier alpha value is -3.22. The van der Waals surface area contributed by atoms with E-state index in [9.17, 15) is 14.4 Å². The fraction of sp³-hybridized carbons (Fsp3) is 0.300. The van der Waals surface area contributed by atoms with Crippen LogP contribution in [-0.2, 0) is 4.74 Å². The molecule has 0 radical (unpaired) electrons. The molecule has 7 heteroatoms. The van der Waals surface area contributed by atoms with Gasteiger partial charge in [0, 0.05) is 12.2 Å². The topological polar surface area (TPSA) is 97.4 Å². The van der Waals surface area contributed by atoms with Gasteiger partial charge in [0.15, 0.2) is 0 Å². The first-order chi connectivity index (χ1) is 13.0. The zero-order chi connectivity index (χ0) is 19.6. The number of hydrogen-bond acceptors (Lipinski definition) is 5. The lowest BCUT2D eigenvalue weighted by molar-refractivity contribution is 0.0600. The van der Waals surface area contributed by atoms with Crippen molar-refractivity contribution in [1.29, 1.82) is 0 Å². The quantitative estimate of drug-likeness (QED) is 0.551. The Labute approximate surface area is 158 Å². The molecule has 0 aliphatic rings. The zero-order valence-corrected chi connectivity index (χ0v) is 15.5. The molecule has 0 bridgehead atoms. The lowest BCUT2D eigenvalue weighted by Gasteiger charge is -2.08. The molecular formula is C20H23N3O4. The van der Waals surface area contributed by atoms with Gasteiger partial charge in [-0.3, -0.25) is 9.59 Å². The van der Waals surface area contributed by atoms with E-state index < -0.39 is 11.9 Å². The summed E-state index contributed by atoms with van der Waals surface area (Å²) < 4.78 is 4.66. The molecule has 7 nitrogen and oxygen atoms in total. The van der Waals surface area contributed by atoms with Crippen LogP contribution in [0.2, 0.25) is 0 Å². The molecule has 0 unspecified atom stereocenters. The molecule has 0 spiro atoms. The predicted octanol–water partition coefficient (Wildman–Crippen LogP) is 3.04. The number of methoxy groups -OCH3 is 1. The van der Waals surface area contributed by atoms with Gasteiger partial charge in [0.25, 0.3) is 11.8 Å². The first kappa shape index (κ1) is 20.1. The molecule has 0 aliphatic heterocycles. The normalized spacial score (nSPS) is 10.1. The van der Waals surface area contributed by atoms with Gasteiger partial charge < -0.3 is 15.4 Å². The summed E-state index contributed by atoms with van der Waals surface area (Å²) in [5.41, 5.74) is 1.05. The minimum Gasteiger partial charge on any atom is -0.465 e. The second-order valence-electron chi connectivity index (χ2n) is 5.90. The van der Waals surface area contributed by atoms with Gasteiger partial charge in [-0.05, 0) is 36.8 Å². The van der Waals surface area contributed by atoms with E-state index in [0.717, 1.165) is 19.3 Å². The molecular weight excluding hydrogens is 346 g/mol. The highest BCUT2D eigenvalue weighted by molar-refractivity contribution is 6.04. The van der Waals surface area contributed by atoms with E-state index in [4.69, 9.17) is 0 Å². The van der Waals surface area contributed by atoms with Crippen molar-refractivity contribution in [2.24, 2.45) is 0 Å². The number of carbonyl (C=O) groups excluding carboxylic acids is 3. The Kier molecular flexibility index (Phi) is 7.49. The van der Waals surface area contributed by atoms with Gasteiger partial charge >= 0.3 is 5.97 Å². The molecule has 1 heterocycles. The number of hydrogen-bond donors (Lipinski definition) is 2. The van der Waals surface area contributed by atoms with Gasteiger partial charge in [0.2, 0.25) is 0 Å². The van der Waals surface area contributed by atoms with Crippen molar-refractivity contribution in [3.63, 3.8) is 0 Å². The van der Waals surface area contributed by atoms with E-state index >= 15 is 0 Å². The molecule has 2 N–H and O–H groups in total. The number of benzene rings is 1. The Morgan fingerprint density at radius 3 is 2.41 bits per heavy atom. The maximum Gasteiger partial charge on any atom is 0.337 e. The summed E-state index contributed by atoms with van der Waals surface area (Å²) in [4.78, 5) is 40.3. The van der Waals surface area contributed by atoms with Crippen LogP contribution in [0, 0.1) is 0 Å². The summed E-state index contributed by atoms with van der Waals surface area (Å²) in [6.45, 7) is 2.66. The van der Waals surface area contributed by atoms with Crippen molar-refractivity contribution in [2.45, 2.75) is 26.2 Å². The molecule has 2 aromatic rings. The van der Waals surface area contributed by atoms with Crippen LogP contribution in [0.4, 0.5) is 5.69 Å². The average Bonchev–Trinajstić information content (AvgIpc) is 2.70. The third kappa shape index (κ3) is 5.91. The fourth-order valence-corrected chi connectivity index (χ4v) is 2.39. The van der Waals surface area contributed by atoms with Gasteiger partial charge in [0.05, 0.1) is 12.7 Å².